The number of rotatable bonds is 13. The smallest absolute Gasteiger partial charge is 0.0876 e. The summed E-state index contributed by atoms with van der Waals surface area (Å²) in [6.07, 6.45) is 19.5. The van der Waals surface area contributed by atoms with Crippen LogP contribution >= 0.6 is 0 Å². The second kappa shape index (κ2) is 11.6. The second-order valence-electron chi connectivity index (χ2n) is 5.71. The number of allylic oxidation sites excluding steroid dienone is 3. The van der Waals surface area contributed by atoms with Gasteiger partial charge >= 0.3 is 0 Å². The van der Waals surface area contributed by atoms with Crippen molar-refractivity contribution in [2.75, 3.05) is 0 Å². The summed E-state index contributed by atoms with van der Waals surface area (Å²) in [6.45, 7) is 2.15. The fourth-order valence-corrected chi connectivity index (χ4v) is 2.45. The van der Waals surface area contributed by atoms with E-state index in [9.17, 15) is 9.90 Å². The lowest BCUT2D eigenvalue weighted by atomic mass is 10.1. The van der Waals surface area contributed by atoms with Crippen molar-refractivity contribution in [3.8, 4) is 0 Å². The van der Waals surface area contributed by atoms with Crippen molar-refractivity contribution in [1.29, 1.82) is 0 Å². The highest BCUT2D eigenvalue weighted by atomic mass is 16.6. The predicted molar refractivity (Wildman–Crippen MR) is 83.8 cm³/mol. The number of epoxide rings is 1. The van der Waals surface area contributed by atoms with E-state index >= 15 is 0 Å². The average molecular weight is 293 g/mol. The molecule has 21 heavy (non-hydrogen) atoms. The highest BCUT2D eigenvalue weighted by Crippen LogP contribution is 2.30. The zero-order chi connectivity index (χ0) is 15.3. The first-order valence-electron chi connectivity index (χ1n) is 8.39. The quantitative estimate of drug-likeness (QED) is 0.296. The molecule has 0 radical (unpaired) electrons. The number of carbonyl (C=O) groups excluding carboxylic acids is 1. The lowest BCUT2D eigenvalue weighted by Gasteiger charge is -2.01. The molecule has 0 spiro atoms. The Kier molecular flexibility index (Phi) is 9.88. The van der Waals surface area contributed by atoms with Crippen molar-refractivity contribution in [3.63, 3.8) is 0 Å². The lowest BCUT2D eigenvalue weighted by Crippen LogP contribution is -2.21. The van der Waals surface area contributed by atoms with Gasteiger partial charge in [-0.1, -0.05) is 56.9 Å². The Hall–Kier alpha value is -1.09. The van der Waals surface area contributed by atoms with Gasteiger partial charge in [-0.3, -0.25) is 0 Å². The van der Waals surface area contributed by atoms with E-state index in [0.29, 0.717) is 12.2 Å². The third kappa shape index (κ3) is 10.3. The number of carbonyl (C=O) groups is 1. The van der Waals surface area contributed by atoms with Crippen molar-refractivity contribution in [1.82, 2.24) is 0 Å². The van der Waals surface area contributed by atoms with Crippen molar-refractivity contribution in [2.24, 2.45) is 0 Å². The minimum absolute atomic E-state index is 0.202. The molecule has 0 aromatic rings. The summed E-state index contributed by atoms with van der Waals surface area (Å²) in [5.74, 6) is -0.928. The van der Waals surface area contributed by atoms with Crippen LogP contribution in [0.2, 0.25) is 0 Å². The van der Waals surface area contributed by atoms with Crippen molar-refractivity contribution >= 4 is 5.97 Å². The number of ether oxygens (including phenoxy) is 1. The molecule has 0 N–H and O–H groups in total. The number of hydrogen-bond acceptors (Lipinski definition) is 3. The summed E-state index contributed by atoms with van der Waals surface area (Å²) in [5, 5.41) is 10.2. The normalized spacial score (nSPS) is 21.4. The van der Waals surface area contributed by atoms with Gasteiger partial charge in [0, 0.05) is 5.97 Å². The van der Waals surface area contributed by atoms with Gasteiger partial charge in [-0.25, -0.2) is 0 Å². The van der Waals surface area contributed by atoms with E-state index < -0.39 is 5.97 Å². The fourth-order valence-electron chi connectivity index (χ4n) is 2.45. The topological polar surface area (TPSA) is 52.7 Å². The van der Waals surface area contributed by atoms with E-state index in [-0.39, 0.29) is 6.42 Å². The number of aliphatic carboxylic acids is 1. The van der Waals surface area contributed by atoms with Gasteiger partial charge in [-0.2, -0.15) is 0 Å². The Morgan fingerprint density at radius 2 is 1.71 bits per heavy atom. The Morgan fingerprint density at radius 3 is 2.48 bits per heavy atom. The van der Waals surface area contributed by atoms with Crippen LogP contribution in [0.5, 0.6) is 0 Å². The van der Waals surface area contributed by atoms with Gasteiger partial charge in [0.1, 0.15) is 0 Å². The number of unbranched alkanes of at least 4 members (excludes halogenated alkanes) is 4. The molecule has 1 aliphatic rings. The zero-order valence-electron chi connectivity index (χ0n) is 13.3. The average Bonchev–Trinajstić information content (AvgIpc) is 3.20. The van der Waals surface area contributed by atoms with Gasteiger partial charge in [0.05, 0.1) is 12.2 Å². The van der Waals surface area contributed by atoms with Crippen molar-refractivity contribution in [2.45, 2.75) is 83.3 Å². The molecule has 2 atom stereocenters. The lowest BCUT2D eigenvalue weighted by molar-refractivity contribution is -0.305. The largest absolute Gasteiger partial charge is 0.550 e. The maximum atomic E-state index is 10.2. The van der Waals surface area contributed by atoms with Crippen molar-refractivity contribution < 1.29 is 14.6 Å². The third-order valence-electron chi connectivity index (χ3n) is 3.77. The van der Waals surface area contributed by atoms with Gasteiger partial charge in [-0.15, -0.1) is 0 Å². The fraction of sp³-hybridized carbons (Fsp3) is 0.722. The van der Waals surface area contributed by atoms with E-state index in [2.05, 4.69) is 31.2 Å². The summed E-state index contributed by atoms with van der Waals surface area (Å²) in [6, 6.07) is 0. The highest BCUT2D eigenvalue weighted by Gasteiger charge is 2.36. The van der Waals surface area contributed by atoms with E-state index in [0.717, 1.165) is 44.9 Å². The van der Waals surface area contributed by atoms with Crippen LogP contribution in [0, 0.1) is 0 Å². The molecule has 2 unspecified atom stereocenters. The van der Waals surface area contributed by atoms with E-state index in [1.54, 1.807) is 0 Å². The molecule has 0 bridgehead atoms. The van der Waals surface area contributed by atoms with Gasteiger partial charge in [0.2, 0.25) is 0 Å². The van der Waals surface area contributed by atoms with Crippen LogP contribution in [0.3, 0.4) is 0 Å². The molecular formula is C18H29O3-. The van der Waals surface area contributed by atoms with Crippen LogP contribution in [-0.2, 0) is 9.53 Å². The molecule has 0 aromatic carbocycles. The van der Waals surface area contributed by atoms with Crippen LogP contribution < -0.4 is 5.11 Å². The molecule has 0 amide bonds. The van der Waals surface area contributed by atoms with E-state index in [1.807, 2.05) is 0 Å². The maximum absolute atomic E-state index is 10.2. The van der Waals surface area contributed by atoms with E-state index in [4.69, 9.17) is 4.74 Å². The molecule has 1 aliphatic heterocycles. The first kappa shape index (κ1) is 18.0. The first-order chi connectivity index (χ1) is 10.2. The Labute approximate surface area is 129 Å². The minimum Gasteiger partial charge on any atom is -0.550 e. The molecule has 120 valence electrons. The maximum Gasteiger partial charge on any atom is 0.0876 e. The van der Waals surface area contributed by atoms with E-state index in [1.165, 1.54) is 12.8 Å². The van der Waals surface area contributed by atoms with Gasteiger partial charge in [0.15, 0.2) is 0 Å². The second-order valence-corrected chi connectivity index (χ2v) is 5.71. The number of hydrogen-bond donors (Lipinski definition) is 0. The van der Waals surface area contributed by atoms with Gasteiger partial charge in [-0.05, 0) is 38.5 Å². The summed E-state index contributed by atoms with van der Waals surface area (Å²) >= 11 is 0. The highest BCUT2D eigenvalue weighted by molar-refractivity contribution is 5.63. The molecule has 1 fully saturated rings. The molecule has 1 saturated heterocycles. The van der Waals surface area contributed by atoms with Crippen LogP contribution in [0.4, 0.5) is 0 Å². The molecule has 3 nitrogen and oxygen atoms in total. The summed E-state index contributed by atoms with van der Waals surface area (Å²) in [4.78, 5) is 10.2. The molecular weight excluding hydrogens is 264 g/mol. The zero-order valence-corrected chi connectivity index (χ0v) is 13.3. The summed E-state index contributed by atoms with van der Waals surface area (Å²) in [5.41, 5.74) is 0. The Morgan fingerprint density at radius 1 is 1.00 bits per heavy atom. The van der Waals surface area contributed by atoms with Crippen LogP contribution in [0.25, 0.3) is 0 Å². The minimum atomic E-state index is -0.928. The Balaban J connectivity index is 1.86. The number of carboxylic acid groups (broad SMARTS) is 1. The standard InChI is InChI=1S/C18H30O3/c1-2-3-4-5-7-10-13-16-17(21-16)14-11-8-6-9-12-15-18(19)20/h3-4,7,10,16-17H,2,5-6,8-9,11-15H2,1H3,(H,19,20)/p-1/b4-3-,10-7-. The molecule has 0 aliphatic carbocycles. The van der Waals surface area contributed by atoms with Crippen molar-refractivity contribution in [3.05, 3.63) is 24.3 Å². The van der Waals surface area contributed by atoms with Crippen LogP contribution in [0.15, 0.2) is 24.3 Å². The molecule has 1 heterocycles. The molecule has 3 heteroatoms. The van der Waals surface area contributed by atoms with Gasteiger partial charge in [0.25, 0.3) is 0 Å². The molecule has 0 aromatic heterocycles. The monoisotopic (exact) mass is 293 g/mol. The number of carboxylic acids is 1. The van der Waals surface area contributed by atoms with Crippen LogP contribution in [-0.4, -0.2) is 18.2 Å². The summed E-state index contributed by atoms with van der Waals surface area (Å²) < 4.78 is 5.65. The molecule has 1 rings (SSSR count). The SMILES string of the molecule is CC/C=C\C/C=C\CC1OC1CCCCCCCC(=O)[O-]. The summed E-state index contributed by atoms with van der Waals surface area (Å²) in [7, 11) is 0. The predicted octanol–water partition coefficient (Wildman–Crippen LogP) is 3.54. The first-order valence-corrected chi connectivity index (χ1v) is 8.39. The van der Waals surface area contributed by atoms with Crippen LogP contribution in [0.1, 0.15) is 71.1 Å². The Bertz CT molecular complexity index is 333. The molecule has 0 saturated carbocycles. The third-order valence-corrected chi connectivity index (χ3v) is 3.77. The van der Waals surface area contributed by atoms with Gasteiger partial charge < -0.3 is 14.6 Å².